The van der Waals surface area contributed by atoms with E-state index in [2.05, 4.69) is 20.4 Å². The molecule has 23 heavy (non-hydrogen) atoms. The molecule has 0 aromatic carbocycles. The lowest BCUT2D eigenvalue weighted by atomic mass is 10.2. The number of aromatic nitrogens is 4. The van der Waals surface area contributed by atoms with Crippen LogP contribution in [0.15, 0.2) is 31.0 Å². The molecule has 0 unspecified atom stereocenters. The Hall–Kier alpha value is -2.10. The van der Waals surface area contributed by atoms with E-state index in [1.807, 2.05) is 0 Å². The molecule has 0 spiro atoms. The van der Waals surface area contributed by atoms with Crippen LogP contribution in [0.1, 0.15) is 12.5 Å². The summed E-state index contributed by atoms with van der Waals surface area (Å²) in [5.41, 5.74) is -3.65. The van der Waals surface area contributed by atoms with Crippen molar-refractivity contribution in [2.75, 3.05) is 5.75 Å². The molecular formula is C13H14F3N5OS. The Labute approximate surface area is 134 Å². The van der Waals surface area contributed by atoms with E-state index in [0.29, 0.717) is 11.4 Å². The van der Waals surface area contributed by atoms with Gasteiger partial charge in [-0.25, -0.2) is 14.6 Å². The number of rotatable bonds is 6. The van der Waals surface area contributed by atoms with Crippen LogP contribution in [0.25, 0.3) is 5.82 Å². The topological polar surface area (TPSA) is 72.7 Å². The number of carbonyl (C=O) groups excluding carboxylic acids is 1. The van der Waals surface area contributed by atoms with E-state index < -0.39 is 17.3 Å². The van der Waals surface area contributed by atoms with Crippen LogP contribution in [0.5, 0.6) is 0 Å². The summed E-state index contributed by atoms with van der Waals surface area (Å²) < 4.78 is 37.9. The zero-order valence-corrected chi connectivity index (χ0v) is 12.9. The second-order valence-corrected chi connectivity index (χ2v) is 5.79. The van der Waals surface area contributed by atoms with Gasteiger partial charge in [-0.2, -0.15) is 18.3 Å². The average Bonchev–Trinajstić information content (AvgIpc) is 3.04. The lowest BCUT2D eigenvalue weighted by Crippen LogP contribution is -2.31. The maximum Gasteiger partial charge on any atom is 0.441 e. The summed E-state index contributed by atoms with van der Waals surface area (Å²) in [7, 11) is 0. The molecule has 2 aromatic heterocycles. The van der Waals surface area contributed by atoms with Gasteiger partial charge in [0.2, 0.25) is 5.91 Å². The SMILES string of the molecule is C[C@H](CSC(F)(F)F)C(=O)NCc1cccnc1-n1cncn1. The van der Waals surface area contributed by atoms with Crippen LogP contribution in [0.2, 0.25) is 0 Å². The Bertz CT molecular complexity index is 647. The number of alkyl halides is 3. The Morgan fingerprint density at radius 3 is 2.91 bits per heavy atom. The summed E-state index contributed by atoms with van der Waals surface area (Å²) in [6, 6.07) is 3.45. The summed E-state index contributed by atoms with van der Waals surface area (Å²) in [6.45, 7) is 1.60. The third-order valence-electron chi connectivity index (χ3n) is 2.90. The van der Waals surface area contributed by atoms with Crippen molar-refractivity contribution < 1.29 is 18.0 Å². The molecule has 0 saturated heterocycles. The number of thioether (sulfide) groups is 1. The normalized spacial score (nSPS) is 12.9. The van der Waals surface area contributed by atoms with Gasteiger partial charge in [0.25, 0.3) is 0 Å². The van der Waals surface area contributed by atoms with Gasteiger partial charge in [0, 0.05) is 30.0 Å². The maximum atomic E-state index is 12.1. The Kier molecular flexibility index (Phi) is 5.59. The van der Waals surface area contributed by atoms with E-state index in [0.717, 1.165) is 0 Å². The molecule has 0 aliphatic heterocycles. The predicted molar refractivity (Wildman–Crippen MR) is 78.7 cm³/mol. The monoisotopic (exact) mass is 345 g/mol. The van der Waals surface area contributed by atoms with E-state index in [4.69, 9.17) is 0 Å². The quantitative estimate of drug-likeness (QED) is 0.869. The first-order valence-corrected chi connectivity index (χ1v) is 7.62. The van der Waals surface area contributed by atoms with E-state index in [1.54, 1.807) is 18.3 Å². The fraction of sp³-hybridized carbons (Fsp3) is 0.385. The summed E-state index contributed by atoms with van der Waals surface area (Å²) in [4.78, 5) is 19.9. The molecule has 124 valence electrons. The fourth-order valence-corrected chi connectivity index (χ4v) is 2.33. The van der Waals surface area contributed by atoms with Gasteiger partial charge in [0.05, 0.1) is 0 Å². The van der Waals surface area contributed by atoms with E-state index in [9.17, 15) is 18.0 Å². The van der Waals surface area contributed by atoms with Gasteiger partial charge in [0.15, 0.2) is 5.82 Å². The molecule has 0 bridgehead atoms. The first-order valence-electron chi connectivity index (χ1n) is 6.64. The van der Waals surface area contributed by atoms with Gasteiger partial charge in [-0.15, -0.1) is 0 Å². The largest absolute Gasteiger partial charge is 0.441 e. The Morgan fingerprint density at radius 2 is 2.26 bits per heavy atom. The van der Waals surface area contributed by atoms with Crippen LogP contribution < -0.4 is 5.32 Å². The van der Waals surface area contributed by atoms with Gasteiger partial charge in [-0.3, -0.25) is 4.79 Å². The van der Waals surface area contributed by atoms with Crippen LogP contribution in [0, 0.1) is 5.92 Å². The number of nitrogens with zero attached hydrogens (tertiary/aromatic N) is 4. The number of carbonyl (C=O) groups is 1. The fourth-order valence-electron chi connectivity index (χ4n) is 1.74. The highest BCUT2D eigenvalue weighted by Crippen LogP contribution is 2.31. The summed E-state index contributed by atoms with van der Waals surface area (Å²) in [5.74, 6) is -1.02. The zero-order valence-electron chi connectivity index (χ0n) is 12.1. The lowest BCUT2D eigenvalue weighted by molar-refractivity contribution is -0.124. The molecule has 2 heterocycles. The molecule has 1 atom stereocenters. The highest BCUT2D eigenvalue weighted by Gasteiger charge is 2.30. The minimum absolute atomic E-state index is 0.142. The van der Waals surface area contributed by atoms with Crippen LogP contribution >= 0.6 is 11.8 Å². The summed E-state index contributed by atoms with van der Waals surface area (Å²) >= 11 is -0.203. The number of nitrogens with one attached hydrogen (secondary N) is 1. The van der Waals surface area contributed by atoms with Gasteiger partial charge in [0.1, 0.15) is 12.7 Å². The predicted octanol–water partition coefficient (Wildman–Crippen LogP) is 2.17. The van der Waals surface area contributed by atoms with Crippen molar-refractivity contribution in [3.63, 3.8) is 0 Å². The smallest absolute Gasteiger partial charge is 0.352 e. The highest BCUT2D eigenvalue weighted by molar-refractivity contribution is 8.00. The molecule has 1 amide bonds. The Balaban J connectivity index is 1.95. The van der Waals surface area contributed by atoms with Crippen LogP contribution in [0.4, 0.5) is 13.2 Å². The number of amides is 1. The minimum Gasteiger partial charge on any atom is -0.352 e. The number of hydrogen-bond acceptors (Lipinski definition) is 5. The van der Waals surface area contributed by atoms with Crippen molar-refractivity contribution in [3.05, 3.63) is 36.5 Å². The average molecular weight is 345 g/mol. The second-order valence-electron chi connectivity index (χ2n) is 4.70. The van der Waals surface area contributed by atoms with Gasteiger partial charge >= 0.3 is 5.51 Å². The number of hydrogen-bond donors (Lipinski definition) is 1. The molecule has 2 rings (SSSR count). The van der Waals surface area contributed by atoms with E-state index in [1.165, 1.54) is 24.3 Å². The molecule has 0 saturated carbocycles. The Morgan fingerprint density at radius 1 is 1.48 bits per heavy atom. The van der Waals surface area contributed by atoms with E-state index >= 15 is 0 Å². The molecule has 6 nitrogen and oxygen atoms in total. The molecule has 0 aliphatic carbocycles. The molecule has 0 radical (unpaired) electrons. The van der Waals surface area contributed by atoms with Crippen molar-refractivity contribution in [1.82, 2.24) is 25.1 Å². The summed E-state index contributed by atoms with van der Waals surface area (Å²) in [6.07, 6.45) is 4.40. The van der Waals surface area contributed by atoms with Gasteiger partial charge in [-0.05, 0) is 6.07 Å². The van der Waals surface area contributed by atoms with Crippen molar-refractivity contribution in [3.8, 4) is 5.82 Å². The summed E-state index contributed by atoms with van der Waals surface area (Å²) in [5, 5.41) is 6.58. The first-order chi connectivity index (χ1) is 10.9. The van der Waals surface area contributed by atoms with Crippen LogP contribution in [-0.4, -0.2) is 36.9 Å². The molecule has 1 N–H and O–H groups in total. The third-order valence-corrected chi connectivity index (χ3v) is 3.89. The van der Waals surface area contributed by atoms with Gasteiger partial charge < -0.3 is 5.32 Å². The van der Waals surface area contributed by atoms with Crippen molar-refractivity contribution >= 4 is 17.7 Å². The third kappa shape index (κ3) is 5.23. The van der Waals surface area contributed by atoms with Gasteiger partial charge in [-0.1, -0.05) is 24.8 Å². The van der Waals surface area contributed by atoms with E-state index in [-0.39, 0.29) is 24.1 Å². The highest BCUT2D eigenvalue weighted by atomic mass is 32.2. The first kappa shape index (κ1) is 17.3. The molecule has 2 aromatic rings. The minimum atomic E-state index is -4.34. The molecule has 0 fully saturated rings. The molecule has 10 heteroatoms. The van der Waals surface area contributed by atoms with Crippen molar-refractivity contribution in [2.45, 2.75) is 19.0 Å². The number of halogens is 3. The maximum absolute atomic E-state index is 12.1. The van der Waals surface area contributed by atoms with Crippen LogP contribution in [0.3, 0.4) is 0 Å². The lowest BCUT2D eigenvalue weighted by Gasteiger charge is -2.14. The molecular weight excluding hydrogens is 331 g/mol. The van der Waals surface area contributed by atoms with Crippen molar-refractivity contribution in [2.24, 2.45) is 5.92 Å². The molecule has 0 aliphatic rings. The number of pyridine rings is 1. The van der Waals surface area contributed by atoms with Crippen molar-refractivity contribution in [1.29, 1.82) is 0 Å². The standard InChI is InChI=1S/C13H14F3N5OS/c1-9(6-23-13(14,15)16)12(22)19-5-10-3-2-4-18-11(10)21-8-17-7-20-21/h2-4,7-9H,5-6H2,1H3,(H,19,22)/t9-/m1/s1. The zero-order chi connectivity index (χ0) is 16.9. The van der Waals surface area contributed by atoms with Crippen LogP contribution in [-0.2, 0) is 11.3 Å². The second kappa shape index (κ2) is 7.44.